The molecule has 1 amide bonds. The Bertz CT molecular complexity index is 1400. The molecule has 38 heavy (non-hydrogen) atoms. The Morgan fingerprint density at radius 1 is 1.11 bits per heavy atom. The van der Waals surface area contributed by atoms with E-state index in [1.807, 2.05) is 18.2 Å². The number of nitrogens with zero attached hydrogens (tertiary/aromatic N) is 2. The van der Waals surface area contributed by atoms with Crippen molar-refractivity contribution in [2.24, 2.45) is 5.73 Å². The molecule has 0 spiro atoms. The van der Waals surface area contributed by atoms with Gasteiger partial charge in [-0.2, -0.15) is 12.7 Å². The Balaban J connectivity index is 0.00000253. The minimum Gasteiger partial charge on any atom is -0.488 e. The van der Waals surface area contributed by atoms with E-state index in [-0.39, 0.29) is 46.7 Å². The molecule has 13 heteroatoms. The van der Waals surface area contributed by atoms with Gasteiger partial charge in [-0.25, -0.2) is 4.79 Å². The van der Waals surface area contributed by atoms with E-state index in [0.717, 1.165) is 50.3 Å². The molecule has 1 saturated heterocycles. The first kappa shape index (κ1) is 31.0. The van der Waals surface area contributed by atoms with Crippen molar-refractivity contribution in [2.45, 2.75) is 25.5 Å². The maximum Gasteiger partial charge on any atom is 0.422 e. The van der Waals surface area contributed by atoms with E-state index in [9.17, 15) is 13.2 Å². The van der Waals surface area contributed by atoms with Crippen molar-refractivity contribution in [3.8, 4) is 5.75 Å². The molecule has 1 aliphatic rings. The summed E-state index contributed by atoms with van der Waals surface area (Å²) in [6, 6.07) is 18.6. The summed E-state index contributed by atoms with van der Waals surface area (Å²) in [5.41, 5.74) is 7.69. The second-order valence-electron chi connectivity index (χ2n) is 8.76. The van der Waals surface area contributed by atoms with E-state index < -0.39 is 16.3 Å². The highest BCUT2D eigenvalue weighted by atomic mass is 35.5. The minimum atomic E-state index is -4.27. The van der Waals surface area contributed by atoms with Gasteiger partial charge in [0.25, 0.3) is 0 Å². The number of piperidine rings is 1. The highest BCUT2D eigenvalue weighted by Gasteiger charge is 2.25. The van der Waals surface area contributed by atoms with Crippen LogP contribution in [0.15, 0.2) is 60.7 Å². The number of carbonyl (C=O) groups is 1. The quantitative estimate of drug-likeness (QED) is 0.228. The van der Waals surface area contributed by atoms with Crippen LogP contribution in [0.2, 0.25) is 0 Å². The molecular formula is C25H31Cl2N5O5S. The van der Waals surface area contributed by atoms with E-state index in [1.165, 1.54) is 11.6 Å². The normalized spacial score (nSPS) is 14.1. The number of halogens is 2. The summed E-state index contributed by atoms with van der Waals surface area (Å²) in [4.78, 5) is 13.4. The van der Waals surface area contributed by atoms with Gasteiger partial charge in [-0.3, -0.25) is 15.0 Å². The minimum absolute atomic E-state index is 0. The van der Waals surface area contributed by atoms with Crippen LogP contribution < -0.4 is 15.2 Å². The summed E-state index contributed by atoms with van der Waals surface area (Å²) in [6.07, 6.45) is -0.158. The predicted molar refractivity (Wildman–Crippen MR) is 153 cm³/mol. The lowest BCUT2D eigenvalue weighted by Gasteiger charge is -2.32. The molecule has 0 atom stereocenters. The number of nitrogens with two attached hydrogens (primary N) is 1. The zero-order valence-electron chi connectivity index (χ0n) is 20.7. The second-order valence-corrected chi connectivity index (χ2v) is 10.5. The van der Waals surface area contributed by atoms with Crippen molar-refractivity contribution in [3.63, 3.8) is 0 Å². The van der Waals surface area contributed by atoms with Crippen LogP contribution in [0.1, 0.15) is 24.0 Å². The molecule has 0 aromatic heterocycles. The van der Waals surface area contributed by atoms with Crippen LogP contribution in [-0.4, -0.2) is 60.9 Å². The van der Waals surface area contributed by atoms with Crippen LogP contribution in [0, 0.1) is 5.41 Å². The number of amidine groups is 1. The Labute approximate surface area is 234 Å². The molecular weight excluding hydrogens is 553 g/mol. The Morgan fingerprint density at radius 2 is 1.76 bits per heavy atom. The highest BCUT2D eigenvalue weighted by Crippen LogP contribution is 2.29. The van der Waals surface area contributed by atoms with E-state index in [4.69, 9.17) is 21.0 Å². The molecule has 1 heterocycles. The van der Waals surface area contributed by atoms with Gasteiger partial charge < -0.3 is 15.6 Å². The molecule has 0 radical (unpaired) electrons. The molecule has 4 rings (SSSR count). The summed E-state index contributed by atoms with van der Waals surface area (Å²) < 4.78 is 33.2. The Morgan fingerprint density at radius 3 is 2.42 bits per heavy atom. The first-order chi connectivity index (χ1) is 17.1. The third-order valence-corrected chi connectivity index (χ3v) is 7.56. The van der Waals surface area contributed by atoms with Gasteiger partial charge in [0.1, 0.15) is 17.7 Å². The fourth-order valence-corrected chi connectivity index (χ4v) is 4.94. The molecule has 5 N–H and O–H groups in total. The number of carboxylic acid groups (broad SMARTS) is 1. The molecule has 0 bridgehead atoms. The molecule has 1 fully saturated rings. The van der Waals surface area contributed by atoms with Crippen LogP contribution in [0.5, 0.6) is 5.75 Å². The molecule has 10 nitrogen and oxygen atoms in total. The van der Waals surface area contributed by atoms with Gasteiger partial charge in [-0.15, -0.1) is 24.8 Å². The number of likely N-dealkylation sites (tertiary alicyclic amines) is 1. The first-order valence-corrected chi connectivity index (χ1v) is 12.9. The number of nitrogens with one attached hydrogen (secondary N) is 2. The first-order valence-electron chi connectivity index (χ1n) is 11.5. The number of fused-ring (bicyclic) bond motifs is 1. The van der Waals surface area contributed by atoms with Crippen molar-refractivity contribution >= 4 is 63.4 Å². The Hall–Kier alpha value is -3.25. The maximum atomic E-state index is 12.3. The molecule has 206 valence electrons. The number of rotatable bonds is 8. The molecule has 0 aliphatic carbocycles. The predicted octanol–water partition coefficient (Wildman–Crippen LogP) is 4.28. The van der Waals surface area contributed by atoms with E-state index in [1.54, 1.807) is 18.2 Å². The SMILES string of the molecule is CN(C(=O)O)S(=O)(=O)Nc1ccccc1OC1CCN(Cc2ccc3ccc(C(=N)N)cc3c2)CC1.Cl.Cl. The van der Waals surface area contributed by atoms with Crippen LogP contribution in [0.25, 0.3) is 10.8 Å². The number of nitrogen functional groups attached to an aromatic ring is 1. The van der Waals surface area contributed by atoms with Crippen molar-refractivity contribution in [1.29, 1.82) is 5.41 Å². The average Bonchev–Trinajstić information content (AvgIpc) is 2.85. The summed E-state index contributed by atoms with van der Waals surface area (Å²) in [7, 11) is -3.31. The van der Waals surface area contributed by atoms with Crippen molar-refractivity contribution in [2.75, 3.05) is 24.9 Å². The third kappa shape index (κ3) is 7.41. The van der Waals surface area contributed by atoms with Crippen LogP contribution >= 0.6 is 24.8 Å². The largest absolute Gasteiger partial charge is 0.488 e. The molecule has 1 aliphatic heterocycles. The summed E-state index contributed by atoms with van der Waals surface area (Å²) in [5.74, 6) is 0.404. The monoisotopic (exact) mass is 583 g/mol. The number of anilines is 1. The number of hydrogen-bond acceptors (Lipinski definition) is 6. The standard InChI is InChI=1S/C25H29N5O5S.2ClH/c1-29(25(31)32)36(33,34)28-22-4-2-3-5-23(22)35-21-10-12-30(13-11-21)16-17-6-7-18-8-9-19(24(26)27)15-20(18)14-17;;/h2-9,14-15,21,28H,10-13,16H2,1H3,(H3,26,27)(H,31,32);2*1H. The van der Waals surface area contributed by atoms with E-state index >= 15 is 0 Å². The number of hydrogen-bond donors (Lipinski definition) is 4. The van der Waals surface area contributed by atoms with E-state index in [2.05, 4.69) is 27.8 Å². The molecule has 3 aromatic rings. The number of ether oxygens (including phenoxy) is 1. The molecule has 3 aromatic carbocycles. The van der Waals surface area contributed by atoms with Crippen molar-refractivity contribution < 1.29 is 23.1 Å². The van der Waals surface area contributed by atoms with E-state index in [0.29, 0.717) is 11.3 Å². The fraction of sp³-hybridized carbons (Fsp3) is 0.280. The van der Waals surface area contributed by atoms with Gasteiger partial charge in [-0.1, -0.05) is 36.4 Å². The van der Waals surface area contributed by atoms with Crippen molar-refractivity contribution in [3.05, 3.63) is 71.8 Å². The zero-order valence-corrected chi connectivity index (χ0v) is 23.1. The van der Waals surface area contributed by atoms with Gasteiger partial charge in [0.05, 0.1) is 5.69 Å². The summed E-state index contributed by atoms with van der Waals surface area (Å²) in [5, 5.41) is 18.8. The summed E-state index contributed by atoms with van der Waals surface area (Å²) >= 11 is 0. The number of amides is 1. The summed E-state index contributed by atoms with van der Waals surface area (Å²) in [6.45, 7) is 2.41. The Kier molecular flexibility index (Phi) is 10.6. The van der Waals surface area contributed by atoms with Gasteiger partial charge >= 0.3 is 16.3 Å². The highest BCUT2D eigenvalue weighted by molar-refractivity contribution is 7.90. The zero-order chi connectivity index (χ0) is 25.9. The molecule has 0 saturated carbocycles. The lowest BCUT2D eigenvalue weighted by Crippen LogP contribution is -2.38. The third-order valence-electron chi connectivity index (χ3n) is 6.21. The van der Waals surface area contributed by atoms with Gasteiger partial charge in [-0.05, 0) is 53.4 Å². The topological polar surface area (TPSA) is 149 Å². The smallest absolute Gasteiger partial charge is 0.422 e. The fourth-order valence-electron chi connectivity index (χ4n) is 4.15. The van der Waals surface area contributed by atoms with Crippen LogP contribution in [-0.2, 0) is 16.8 Å². The second kappa shape index (κ2) is 13.0. The van der Waals surface area contributed by atoms with Crippen LogP contribution in [0.4, 0.5) is 10.5 Å². The maximum absolute atomic E-state index is 12.3. The van der Waals surface area contributed by atoms with Gasteiger partial charge in [0.2, 0.25) is 0 Å². The lowest BCUT2D eigenvalue weighted by atomic mass is 10.0. The average molecular weight is 585 g/mol. The molecule has 0 unspecified atom stereocenters. The van der Waals surface area contributed by atoms with Gasteiger partial charge in [0.15, 0.2) is 0 Å². The lowest BCUT2D eigenvalue weighted by molar-refractivity contribution is 0.0974. The number of para-hydroxylation sites is 2. The van der Waals surface area contributed by atoms with Crippen LogP contribution in [0.3, 0.4) is 0 Å². The van der Waals surface area contributed by atoms with Gasteiger partial charge in [0, 0.05) is 32.2 Å². The number of benzene rings is 3. The van der Waals surface area contributed by atoms with Crippen molar-refractivity contribution in [1.82, 2.24) is 9.21 Å².